The van der Waals surface area contributed by atoms with Crippen LogP contribution in [-0.2, 0) is 14.6 Å². The number of hydrogen-bond donors (Lipinski definition) is 1. The minimum absolute atomic E-state index is 0.00400. The molecule has 0 bridgehead atoms. The van der Waals surface area contributed by atoms with E-state index in [1.165, 1.54) is 0 Å². The summed E-state index contributed by atoms with van der Waals surface area (Å²) in [5, 5.41) is 9.45. The molecule has 0 aliphatic carbocycles. The summed E-state index contributed by atoms with van der Waals surface area (Å²) in [6, 6.07) is 0. The summed E-state index contributed by atoms with van der Waals surface area (Å²) in [5.41, 5.74) is 0. The number of hydrogen-bond acceptors (Lipinski definition) is 5. The molecule has 7 heteroatoms. The molecule has 2 aliphatic rings. The number of likely N-dealkylation sites (N-methyl/N-ethyl adjacent to an activating group) is 1. The second kappa shape index (κ2) is 6.41. The molecule has 0 aromatic heterocycles. The SMILES string of the molecule is CN1CCN(CC(C(=O)O)C2CCS(=O)(=O)CC2)CC1. The maximum Gasteiger partial charge on any atom is 0.308 e. The third-order valence-corrected chi connectivity index (χ3v) is 6.25. The molecule has 2 fully saturated rings. The lowest BCUT2D eigenvalue weighted by atomic mass is 9.87. The van der Waals surface area contributed by atoms with Crippen LogP contribution >= 0.6 is 0 Å². The Morgan fingerprint density at radius 3 is 2.25 bits per heavy atom. The number of sulfone groups is 1. The van der Waals surface area contributed by atoms with Crippen LogP contribution in [0.25, 0.3) is 0 Å². The number of piperazine rings is 1. The standard InChI is InChI=1S/C13H24N2O4S/c1-14-4-6-15(7-5-14)10-12(13(16)17)11-2-8-20(18,19)9-3-11/h11-12H,2-10H2,1H3,(H,16,17). The van der Waals surface area contributed by atoms with Gasteiger partial charge in [0, 0.05) is 32.7 Å². The van der Waals surface area contributed by atoms with Crippen LogP contribution in [0.15, 0.2) is 0 Å². The highest BCUT2D eigenvalue weighted by atomic mass is 32.2. The Bertz CT molecular complexity index is 429. The summed E-state index contributed by atoms with van der Waals surface area (Å²) in [7, 11) is -0.861. The minimum atomic E-state index is -2.93. The molecular formula is C13H24N2O4S. The highest BCUT2D eigenvalue weighted by molar-refractivity contribution is 7.91. The molecule has 1 unspecified atom stereocenters. The lowest BCUT2D eigenvalue weighted by Crippen LogP contribution is -2.48. The zero-order chi connectivity index (χ0) is 14.8. The van der Waals surface area contributed by atoms with Gasteiger partial charge in [0.15, 0.2) is 0 Å². The second-order valence-electron chi connectivity index (χ2n) is 6.04. The van der Waals surface area contributed by atoms with Crippen molar-refractivity contribution in [3.8, 4) is 0 Å². The van der Waals surface area contributed by atoms with Crippen molar-refractivity contribution in [1.82, 2.24) is 9.80 Å². The average Bonchev–Trinajstić information content (AvgIpc) is 2.38. The predicted octanol–water partition coefficient (Wildman–Crippen LogP) is -0.241. The van der Waals surface area contributed by atoms with Gasteiger partial charge in [-0.2, -0.15) is 0 Å². The average molecular weight is 304 g/mol. The normalized spacial score (nSPS) is 27.2. The van der Waals surface area contributed by atoms with Gasteiger partial charge in [-0.05, 0) is 25.8 Å². The molecule has 2 saturated heterocycles. The van der Waals surface area contributed by atoms with E-state index in [1.54, 1.807) is 0 Å². The highest BCUT2D eigenvalue weighted by Gasteiger charge is 2.35. The van der Waals surface area contributed by atoms with E-state index in [4.69, 9.17) is 0 Å². The summed E-state index contributed by atoms with van der Waals surface area (Å²) in [4.78, 5) is 15.9. The van der Waals surface area contributed by atoms with Gasteiger partial charge < -0.3 is 10.0 Å². The van der Waals surface area contributed by atoms with E-state index >= 15 is 0 Å². The third kappa shape index (κ3) is 4.17. The molecule has 0 amide bonds. The Morgan fingerprint density at radius 2 is 1.75 bits per heavy atom. The van der Waals surface area contributed by atoms with E-state index in [0.717, 1.165) is 26.2 Å². The maximum atomic E-state index is 11.5. The molecule has 0 aromatic carbocycles. The van der Waals surface area contributed by atoms with Gasteiger partial charge in [-0.15, -0.1) is 0 Å². The van der Waals surface area contributed by atoms with Crippen molar-refractivity contribution in [2.45, 2.75) is 12.8 Å². The zero-order valence-corrected chi connectivity index (χ0v) is 12.8. The van der Waals surface area contributed by atoms with Gasteiger partial charge in [0.2, 0.25) is 0 Å². The van der Waals surface area contributed by atoms with Gasteiger partial charge in [-0.1, -0.05) is 0 Å². The summed E-state index contributed by atoms with van der Waals surface area (Å²) in [5.74, 6) is -0.938. The monoisotopic (exact) mass is 304 g/mol. The van der Waals surface area contributed by atoms with Gasteiger partial charge >= 0.3 is 5.97 Å². The molecule has 0 radical (unpaired) electrons. The molecule has 2 heterocycles. The number of carboxylic acid groups (broad SMARTS) is 1. The maximum absolute atomic E-state index is 11.5. The fraction of sp³-hybridized carbons (Fsp3) is 0.923. The molecule has 20 heavy (non-hydrogen) atoms. The quantitative estimate of drug-likeness (QED) is 0.772. The first-order chi connectivity index (χ1) is 9.37. The van der Waals surface area contributed by atoms with Crippen molar-refractivity contribution in [3.05, 3.63) is 0 Å². The summed E-state index contributed by atoms with van der Waals surface area (Å²) < 4.78 is 22.9. The van der Waals surface area contributed by atoms with Crippen molar-refractivity contribution < 1.29 is 18.3 Å². The molecule has 2 aliphatic heterocycles. The Balaban J connectivity index is 1.92. The van der Waals surface area contributed by atoms with Gasteiger partial charge in [-0.3, -0.25) is 9.69 Å². The Kier molecular flexibility index (Phi) is 5.04. The van der Waals surface area contributed by atoms with E-state index in [9.17, 15) is 18.3 Å². The zero-order valence-electron chi connectivity index (χ0n) is 12.0. The lowest BCUT2D eigenvalue weighted by molar-refractivity contribution is -0.144. The van der Waals surface area contributed by atoms with Crippen molar-refractivity contribution in [3.63, 3.8) is 0 Å². The Hall–Kier alpha value is -0.660. The van der Waals surface area contributed by atoms with Crippen LogP contribution in [0, 0.1) is 11.8 Å². The van der Waals surface area contributed by atoms with E-state index in [-0.39, 0.29) is 17.4 Å². The molecule has 0 spiro atoms. The molecule has 1 N–H and O–H groups in total. The van der Waals surface area contributed by atoms with Crippen molar-refractivity contribution in [2.24, 2.45) is 11.8 Å². The number of carboxylic acids is 1. The lowest BCUT2D eigenvalue weighted by Gasteiger charge is -2.36. The van der Waals surface area contributed by atoms with Gasteiger partial charge in [0.25, 0.3) is 0 Å². The number of aliphatic carboxylic acids is 1. The van der Waals surface area contributed by atoms with Gasteiger partial charge in [-0.25, -0.2) is 8.42 Å². The first kappa shape index (κ1) is 15.7. The number of nitrogens with zero attached hydrogens (tertiary/aromatic N) is 2. The first-order valence-electron chi connectivity index (χ1n) is 7.21. The molecule has 2 rings (SSSR count). The largest absolute Gasteiger partial charge is 0.481 e. The number of rotatable bonds is 4. The van der Waals surface area contributed by atoms with Crippen molar-refractivity contribution in [2.75, 3.05) is 51.3 Å². The minimum Gasteiger partial charge on any atom is -0.481 e. The summed E-state index contributed by atoms with van der Waals surface area (Å²) in [6.07, 6.45) is 0.986. The Morgan fingerprint density at radius 1 is 1.20 bits per heavy atom. The van der Waals surface area contributed by atoms with E-state index in [0.29, 0.717) is 19.4 Å². The van der Waals surface area contributed by atoms with E-state index in [2.05, 4.69) is 16.8 Å². The molecular weight excluding hydrogens is 280 g/mol. The van der Waals surface area contributed by atoms with Crippen LogP contribution in [0.4, 0.5) is 0 Å². The van der Waals surface area contributed by atoms with Gasteiger partial charge in [0.05, 0.1) is 17.4 Å². The fourth-order valence-electron chi connectivity index (χ4n) is 3.05. The van der Waals surface area contributed by atoms with Crippen LogP contribution in [0.3, 0.4) is 0 Å². The second-order valence-corrected chi connectivity index (χ2v) is 8.34. The molecule has 0 aromatic rings. The van der Waals surface area contributed by atoms with Crippen LogP contribution in [0.5, 0.6) is 0 Å². The summed E-state index contributed by atoms with van der Waals surface area (Å²) in [6.45, 7) is 4.27. The highest BCUT2D eigenvalue weighted by Crippen LogP contribution is 2.27. The topological polar surface area (TPSA) is 77.9 Å². The molecule has 116 valence electrons. The Labute approximate surface area is 120 Å². The molecule has 1 atom stereocenters. The van der Waals surface area contributed by atoms with Crippen molar-refractivity contribution >= 4 is 15.8 Å². The third-order valence-electron chi connectivity index (χ3n) is 4.54. The van der Waals surface area contributed by atoms with Gasteiger partial charge in [0.1, 0.15) is 9.84 Å². The summed E-state index contributed by atoms with van der Waals surface area (Å²) >= 11 is 0. The first-order valence-corrected chi connectivity index (χ1v) is 9.03. The molecule has 6 nitrogen and oxygen atoms in total. The van der Waals surface area contributed by atoms with Crippen LogP contribution in [0.1, 0.15) is 12.8 Å². The predicted molar refractivity (Wildman–Crippen MR) is 76.4 cm³/mol. The fourth-order valence-corrected chi connectivity index (χ4v) is 4.58. The van der Waals surface area contributed by atoms with Crippen molar-refractivity contribution in [1.29, 1.82) is 0 Å². The van der Waals surface area contributed by atoms with Crippen LogP contribution in [-0.4, -0.2) is 80.6 Å². The van der Waals surface area contributed by atoms with Crippen LogP contribution < -0.4 is 0 Å². The number of carbonyl (C=O) groups is 1. The van der Waals surface area contributed by atoms with E-state index in [1.807, 2.05) is 0 Å². The smallest absolute Gasteiger partial charge is 0.308 e. The molecule has 0 saturated carbocycles. The van der Waals surface area contributed by atoms with E-state index < -0.39 is 21.7 Å². The van der Waals surface area contributed by atoms with Crippen LogP contribution in [0.2, 0.25) is 0 Å².